The van der Waals surface area contributed by atoms with Gasteiger partial charge >= 0.3 is 0 Å². The van der Waals surface area contributed by atoms with Gasteiger partial charge < -0.3 is 5.11 Å². The molecule has 2 N–H and O–H groups in total. The van der Waals surface area contributed by atoms with Crippen LogP contribution in [-0.4, -0.2) is 10.1 Å². The van der Waals surface area contributed by atoms with E-state index in [2.05, 4.69) is 0 Å². The summed E-state index contributed by atoms with van der Waals surface area (Å²) in [6.07, 6.45) is 0. The summed E-state index contributed by atoms with van der Waals surface area (Å²) in [6.45, 7) is 0. The molecule has 0 unspecified atom stereocenters. The monoisotopic (exact) mass is 129 g/mol. The third kappa shape index (κ3) is 1.28. The maximum atomic E-state index is 12.0. The van der Waals surface area contributed by atoms with Gasteiger partial charge in [0.05, 0.1) is 0 Å². The van der Waals surface area contributed by atoms with E-state index in [0.29, 0.717) is 0 Å². The minimum Gasteiger partial charge on any atom is -0.494 e. The molecule has 0 radical (unpaired) electrons. The van der Waals surface area contributed by atoms with Crippen molar-refractivity contribution in [1.82, 2.24) is 4.98 Å². The standard InChI is InChI=1S/C5H4FNO2/c6-3-1-4(8)7-5(9)2-3/h1-2H,(H2,7,8,9). The number of H-pyrrole nitrogens is 1. The van der Waals surface area contributed by atoms with Gasteiger partial charge in [-0.2, -0.15) is 0 Å². The van der Waals surface area contributed by atoms with Gasteiger partial charge in [0.1, 0.15) is 5.82 Å². The van der Waals surface area contributed by atoms with Gasteiger partial charge in [-0.05, 0) is 0 Å². The van der Waals surface area contributed by atoms with Crippen molar-refractivity contribution in [1.29, 1.82) is 0 Å². The van der Waals surface area contributed by atoms with Crippen LogP contribution in [0.5, 0.6) is 5.88 Å². The van der Waals surface area contributed by atoms with Crippen molar-refractivity contribution in [3.63, 3.8) is 0 Å². The number of pyridine rings is 1. The zero-order chi connectivity index (χ0) is 6.85. The highest BCUT2D eigenvalue weighted by Gasteiger charge is 1.92. The van der Waals surface area contributed by atoms with E-state index in [1.165, 1.54) is 0 Å². The van der Waals surface area contributed by atoms with Crippen LogP contribution in [0.2, 0.25) is 0 Å². The Kier molecular flexibility index (Phi) is 1.22. The Balaban J connectivity index is 3.33. The van der Waals surface area contributed by atoms with Crippen LogP contribution in [0.25, 0.3) is 0 Å². The zero-order valence-corrected chi connectivity index (χ0v) is 4.39. The van der Waals surface area contributed by atoms with Crippen LogP contribution in [0.15, 0.2) is 16.9 Å². The first-order valence-corrected chi connectivity index (χ1v) is 2.27. The topological polar surface area (TPSA) is 53.1 Å². The van der Waals surface area contributed by atoms with E-state index in [1.807, 2.05) is 4.98 Å². The molecular formula is C5H4FNO2. The maximum absolute atomic E-state index is 12.0. The number of aromatic hydroxyl groups is 1. The third-order valence-corrected chi connectivity index (χ3v) is 0.795. The lowest BCUT2D eigenvalue weighted by atomic mass is 10.5. The molecule has 0 saturated heterocycles. The van der Waals surface area contributed by atoms with Gasteiger partial charge in [0.2, 0.25) is 0 Å². The minimum absolute atomic E-state index is 0.458. The molecule has 1 aromatic heterocycles. The summed E-state index contributed by atoms with van der Waals surface area (Å²) in [5.74, 6) is -1.20. The van der Waals surface area contributed by atoms with Crippen molar-refractivity contribution in [3.05, 3.63) is 28.3 Å². The first kappa shape index (κ1) is 5.81. The van der Waals surface area contributed by atoms with E-state index >= 15 is 0 Å². The molecule has 0 aliphatic heterocycles. The number of aromatic amines is 1. The minimum atomic E-state index is -0.740. The first-order chi connectivity index (χ1) is 4.18. The molecular weight excluding hydrogens is 125 g/mol. The highest BCUT2D eigenvalue weighted by molar-refractivity contribution is 5.09. The summed E-state index contributed by atoms with van der Waals surface area (Å²) < 4.78 is 12.0. The van der Waals surface area contributed by atoms with Gasteiger partial charge in [-0.3, -0.25) is 9.78 Å². The first-order valence-electron chi connectivity index (χ1n) is 2.27. The van der Waals surface area contributed by atoms with Crippen LogP contribution in [0.1, 0.15) is 0 Å². The summed E-state index contributed by atoms with van der Waals surface area (Å²) in [6, 6.07) is 1.57. The van der Waals surface area contributed by atoms with Crippen LogP contribution in [0.3, 0.4) is 0 Å². The summed E-state index contributed by atoms with van der Waals surface area (Å²) >= 11 is 0. The Morgan fingerprint density at radius 2 is 2.22 bits per heavy atom. The second-order valence-corrected chi connectivity index (χ2v) is 1.55. The number of hydrogen-bond donors (Lipinski definition) is 2. The molecule has 4 heteroatoms. The molecule has 48 valence electrons. The fraction of sp³-hybridized carbons (Fsp3) is 0. The Morgan fingerprint density at radius 1 is 1.56 bits per heavy atom. The Morgan fingerprint density at radius 3 is 2.67 bits per heavy atom. The van der Waals surface area contributed by atoms with E-state index in [4.69, 9.17) is 5.11 Å². The summed E-state index contributed by atoms with van der Waals surface area (Å²) in [5, 5.41) is 8.50. The molecule has 0 aliphatic rings. The van der Waals surface area contributed by atoms with Crippen molar-refractivity contribution in [2.45, 2.75) is 0 Å². The average molecular weight is 129 g/mol. The summed E-state index contributed by atoms with van der Waals surface area (Å²) in [4.78, 5) is 12.2. The number of halogens is 1. The quantitative estimate of drug-likeness (QED) is 0.526. The summed E-state index contributed by atoms with van der Waals surface area (Å²) in [7, 11) is 0. The molecule has 9 heavy (non-hydrogen) atoms. The Labute approximate surface area is 49.8 Å². The molecule has 1 heterocycles. The predicted octanol–water partition coefficient (Wildman–Crippen LogP) is 0.220. The molecule has 0 aliphatic carbocycles. The molecule has 1 rings (SSSR count). The molecule has 0 saturated carbocycles. The SMILES string of the molecule is O=c1cc(F)cc(O)[nH]1. The molecule has 3 nitrogen and oxygen atoms in total. The molecule has 0 atom stereocenters. The van der Waals surface area contributed by atoms with Gasteiger partial charge in [0, 0.05) is 12.1 Å². The van der Waals surface area contributed by atoms with Gasteiger partial charge in [0.25, 0.3) is 5.56 Å². The second kappa shape index (κ2) is 1.89. The lowest BCUT2D eigenvalue weighted by molar-refractivity contribution is 0.445. The van der Waals surface area contributed by atoms with Gasteiger partial charge in [-0.1, -0.05) is 0 Å². The second-order valence-electron chi connectivity index (χ2n) is 1.55. The van der Waals surface area contributed by atoms with Crippen molar-refractivity contribution in [2.75, 3.05) is 0 Å². The molecule has 0 spiro atoms. The number of rotatable bonds is 0. The van der Waals surface area contributed by atoms with E-state index < -0.39 is 17.3 Å². The van der Waals surface area contributed by atoms with Gasteiger partial charge in [-0.25, -0.2) is 4.39 Å². The molecule has 0 fully saturated rings. The normalized spacial score (nSPS) is 9.44. The fourth-order valence-corrected chi connectivity index (χ4v) is 0.496. The van der Waals surface area contributed by atoms with E-state index in [9.17, 15) is 9.18 Å². The van der Waals surface area contributed by atoms with Crippen molar-refractivity contribution < 1.29 is 9.50 Å². The molecule has 0 bridgehead atoms. The Hall–Kier alpha value is -1.32. The highest BCUT2D eigenvalue weighted by Crippen LogP contribution is 2.00. The number of nitrogens with one attached hydrogen (secondary N) is 1. The van der Waals surface area contributed by atoms with E-state index in [-0.39, 0.29) is 0 Å². The van der Waals surface area contributed by atoms with Gasteiger partial charge in [-0.15, -0.1) is 0 Å². The number of aromatic nitrogens is 1. The van der Waals surface area contributed by atoms with Crippen molar-refractivity contribution in [2.24, 2.45) is 0 Å². The lowest BCUT2D eigenvalue weighted by Crippen LogP contribution is -2.03. The maximum Gasteiger partial charge on any atom is 0.253 e. The van der Waals surface area contributed by atoms with Crippen molar-refractivity contribution >= 4 is 0 Å². The van der Waals surface area contributed by atoms with Crippen LogP contribution < -0.4 is 5.56 Å². The Bertz CT molecular complexity index is 245. The smallest absolute Gasteiger partial charge is 0.253 e. The largest absolute Gasteiger partial charge is 0.494 e. The molecule has 1 aromatic rings. The third-order valence-electron chi connectivity index (χ3n) is 0.795. The fourth-order valence-electron chi connectivity index (χ4n) is 0.496. The summed E-state index contributed by atoms with van der Waals surface area (Å²) in [5.41, 5.74) is -0.646. The average Bonchev–Trinajstić information content (AvgIpc) is 1.59. The van der Waals surface area contributed by atoms with Crippen LogP contribution >= 0.6 is 0 Å². The molecule has 0 aromatic carbocycles. The van der Waals surface area contributed by atoms with Crippen molar-refractivity contribution in [3.8, 4) is 5.88 Å². The van der Waals surface area contributed by atoms with Crippen LogP contribution in [0.4, 0.5) is 4.39 Å². The highest BCUT2D eigenvalue weighted by atomic mass is 19.1. The van der Waals surface area contributed by atoms with Crippen LogP contribution in [0, 0.1) is 5.82 Å². The number of hydrogen-bond acceptors (Lipinski definition) is 2. The zero-order valence-electron chi connectivity index (χ0n) is 4.39. The van der Waals surface area contributed by atoms with E-state index in [1.54, 1.807) is 0 Å². The lowest BCUT2D eigenvalue weighted by Gasteiger charge is -1.87. The predicted molar refractivity (Wildman–Crippen MR) is 28.7 cm³/mol. The van der Waals surface area contributed by atoms with Gasteiger partial charge in [0.15, 0.2) is 5.88 Å². The van der Waals surface area contributed by atoms with E-state index in [0.717, 1.165) is 12.1 Å². The van der Waals surface area contributed by atoms with Crippen LogP contribution in [-0.2, 0) is 0 Å². The molecule has 0 amide bonds.